The molecule has 0 spiro atoms. The van der Waals surface area contributed by atoms with Crippen LogP contribution in [0, 0.1) is 12.8 Å². The van der Waals surface area contributed by atoms with Crippen molar-refractivity contribution in [1.29, 1.82) is 0 Å². The molecular formula is C31H33NO6. The summed E-state index contributed by atoms with van der Waals surface area (Å²) in [6.07, 6.45) is 3.55. The number of rotatable bonds is 11. The molecule has 4 rings (SSSR count). The summed E-state index contributed by atoms with van der Waals surface area (Å²) in [6, 6.07) is 21.9. The molecule has 38 heavy (non-hydrogen) atoms. The lowest BCUT2D eigenvalue weighted by molar-refractivity contribution is -0.143. The molecule has 0 bridgehead atoms. The molecule has 2 N–H and O–H groups in total. The third kappa shape index (κ3) is 7.44. The van der Waals surface area contributed by atoms with Gasteiger partial charge in [-0.2, -0.15) is 0 Å². The van der Waals surface area contributed by atoms with E-state index in [4.69, 9.17) is 14.6 Å². The molecule has 3 aromatic rings. The van der Waals surface area contributed by atoms with Crippen LogP contribution in [0.25, 0.3) is 0 Å². The Balaban J connectivity index is 1.18. The third-order valence-electron chi connectivity index (χ3n) is 6.78. The first-order chi connectivity index (χ1) is 18.4. The van der Waals surface area contributed by atoms with Gasteiger partial charge in [-0.15, -0.1) is 0 Å². The number of hydrogen-bond donors (Lipinski definition) is 2. The van der Waals surface area contributed by atoms with Crippen LogP contribution in [0.5, 0.6) is 17.2 Å². The molecule has 0 aromatic heterocycles. The van der Waals surface area contributed by atoms with Gasteiger partial charge >= 0.3 is 5.97 Å². The quantitative estimate of drug-likeness (QED) is 0.233. The Hall–Kier alpha value is -4.13. The molecule has 0 aliphatic heterocycles. The number of aliphatic carboxylic acids is 1. The molecule has 3 aromatic carbocycles. The highest BCUT2D eigenvalue weighted by molar-refractivity contribution is 5.96. The van der Waals surface area contributed by atoms with Gasteiger partial charge in [-0.3, -0.25) is 14.4 Å². The number of para-hydroxylation sites is 1. The Morgan fingerprint density at radius 3 is 2.21 bits per heavy atom. The minimum absolute atomic E-state index is 0.00558. The number of benzene rings is 3. The summed E-state index contributed by atoms with van der Waals surface area (Å²) in [5.41, 5.74) is 2.00. The predicted octanol–water partition coefficient (Wildman–Crippen LogP) is 6.20. The van der Waals surface area contributed by atoms with Gasteiger partial charge in [0.25, 0.3) is 5.91 Å². The second-order valence-electron chi connectivity index (χ2n) is 9.63. The largest absolute Gasteiger partial charge is 0.490 e. The number of carboxylic acids is 1. The number of carbonyl (C=O) groups excluding carboxylic acids is 2. The average molecular weight is 516 g/mol. The van der Waals surface area contributed by atoms with E-state index < -0.39 is 5.97 Å². The van der Waals surface area contributed by atoms with Crippen LogP contribution < -0.4 is 14.8 Å². The lowest BCUT2D eigenvalue weighted by Gasteiger charge is -2.26. The fraction of sp³-hybridized carbons (Fsp3) is 0.323. The van der Waals surface area contributed by atoms with Gasteiger partial charge in [-0.05, 0) is 99.2 Å². The average Bonchev–Trinajstić information content (AvgIpc) is 2.93. The van der Waals surface area contributed by atoms with Gasteiger partial charge in [-0.25, -0.2) is 0 Å². The summed E-state index contributed by atoms with van der Waals surface area (Å²) in [5, 5.41) is 12.0. The van der Waals surface area contributed by atoms with Crippen molar-refractivity contribution in [3.05, 3.63) is 89.5 Å². The van der Waals surface area contributed by atoms with E-state index >= 15 is 0 Å². The maximum absolute atomic E-state index is 12.6. The Morgan fingerprint density at radius 2 is 1.55 bits per heavy atom. The second kappa shape index (κ2) is 12.9. The molecule has 7 heteroatoms. The van der Waals surface area contributed by atoms with Crippen LogP contribution in [0.15, 0.2) is 72.8 Å². The van der Waals surface area contributed by atoms with Crippen LogP contribution in [-0.2, 0) is 4.79 Å². The highest BCUT2D eigenvalue weighted by Crippen LogP contribution is 2.28. The smallest absolute Gasteiger partial charge is 0.306 e. The van der Waals surface area contributed by atoms with Crippen LogP contribution in [0.4, 0.5) is 0 Å². The van der Waals surface area contributed by atoms with Crippen molar-refractivity contribution in [2.45, 2.75) is 51.6 Å². The third-order valence-corrected chi connectivity index (χ3v) is 6.78. The van der Waals surface area contributed by atoms with Gasteiger partial charge in [0.15, 0.2) is 5.78 Å². The zero-order valence-electron chi connectivity index (χ0n) is 21.5. The number of aryl methyl sites for hydroxylation is 1. The lowest BCUT2D eigenvalue weighted by atomic mass is 9.87. The summed E-state index contributed by atoms with van der Waals surface area (Å²) >= 11 is 0. The Kier molecular flexibility index (Phi) is 9.14. The molecule has 1 amide bonds. The number of Topliss-reactive ketones (excluding diaryl/α,β-unsaturated/α-hetero) is 1. The van der Waals surface area contributed by atoms with Crippen LogP contribution in [0.3, 0.4) is 0 Å². The van der Waals surface area contributed by atoms with Crippen molar-refractivity contribution >= 4 is 17.7 Å². The summed E-state index contributed by atoms with van der Waals surface area (Å²) in [5.74, 6) is 0.924. The van der Waals surface area contributed by atoms with Crippen molar-refractivity contribution in [2.24, 2.45) is 5.92 Å². The SMILES string of the molecule is Cc1cc(C(=O)NCCCC(=O)c2ccc(OC3CCC(C(=O)O)CC3)cc2)ccc1Oc1ccccc1. The van der Waals surface area contributed by atoms with E-state index in [1.54, 1.807) is 42.5 Å². The van der Waals surface area contributed by atoms with Crippen molar-refractivity contribution in [1.82, 2.24) is 5.32 Å². The zero-order chi connectivity index (χ0) is 26.9. The van der Waals surface area contributed by atoms with Crippen LogP contribution in [0.1, 0.15) is 64.8 Å². The molecule has 7 nitrogen and oxygen atoms in total. The summed E-state index contributed by atoms with van der Waals surface area (Å²) in [7, 11) is 0. The van der Waals surface area contributed by atoms with E-state index in [1.807, 2.05) is 37.3 Å². The van der Waals surface area contributed by atoms with E-state index in [2.05, 4.69) is 5.32 Å². The number of amides is 1. The van der Waals surface area contributed by atoms with E-state index in [9.17, 15) is 14.4 Å². The molecule has 0 radical (unpaired) electrons. The predicted molar refractivity (Wildman–Crippen MR) is 144 cm³/mol. The summed E-state index contributed by atoms with van der Waals surface area (Å²) < 4.78 is 11.8. The van der Waals surface area contributed by atoms with Crippen LogP contribution >= 0.6 is 0 Å². The van der Waals surface area contributed by atoms with Gasteiger partial charge in [0.2, 0.25) is 0 Å². The number of nitrogens with one attached hydrogen (secondary N) is 1. The number of hydrogen-bond acceptors (Lipinski definition) is 5. The summed E-state index contributed by atoms with van der Waals surface area (Å²) in [6.45, 7) is 2.29. The molecule has 0 heterocycles. The molecular weight excluding hydrogens is 482 g/mol. The Labute approximate surface area is 222 Å². The van der Waals surface area contributed by atoms with E-state index in [-0.39, 0.29) is 23.7 Å². The topological polar surface area (TPSA) is 102 Å². The number of carboxylic acid groups (broad SMARTS) is 1. The number of ketones is 1. The highest BCUT2D eigenvalue weighted by atomic mass is 16.5. The fourth-order valence-electron chi connectivity index (χ4n) is 4.56. The maximum Gasteiger partial charge on any atom is 0.306 e. The first-order valence-corrected chi connectivity index (χ1v) is 13.0. The van der Waals surface area contributed by atoms with Gasteiger partial charge in [0.1, 0.15) is 17.2 Å². The maximum atomic E-state index is 12.6. The first-order valence-electron chi connectivity index (χ1n) is 13.0. The Bertz CT molecular complexity index is 1250. The van der Waals surface area contributed by atoms with Crippen LogP contribution in [-0.4, -0.2) is 35.4 Å². The number of carbonyl (C=O) groups is 3. The van der Waals surface area contributed by atoms with E-state index in [0.717, 1.165) is 11.3 Å². The fourth-order valence-corrected chi connectivity index (χ4v) is 4.56. The second-order valence-corrected chi connectivity index (χ2v) is 9.63. The van der Waals surface area contributed by atoms with Gasteiger partial charge < -0.3 is 19.9 Å². The molecule has 198 valence electrons. The molecule has 0 atom stereocenters. The minimum atomic E-state index is -0.732. The summed E-state index contributed by atoms with van der Waals surface area (Å²) in [4.78, 5) is 36.2. The standard InChI is InChI=1S/C31H33NO6/c1-21-20-24(13-18-29(21)38-25-6-3-2-4-7-25)30(34)32-19-5-8-28(33)22-9-14-26(15-10-22)37-27-16-11-23(12-17-27)31(35)36/h2-4,6-7,9-10,13-15,18,20,23,27H,5,8,11-12,16-17,19H2,1H3,(H,32,34)(H,35,36). The van der Waals surface area contributed by atoms with Gasteiger partial charge in [0, 0.05) is 24.1 Å². The molecule has 1 saturated carbocycles. The molecule has 1 fully saturated rings. The normalized spacial score (nSPS) is 16.9. The van der Waals surface area contributed by atoms with E-state index in [0.29, 0.717) is 67.7 Å². The molecule has 1 aliphatic carbocycles. The van der Waals surface area contributed by atoms with Crippen molar-refractivity contribution in [2.75, 3.05) is 6.54 Å². The Morgan fingerprint density at radius 1 is 0.868 bits per heavy atom. The van der Waals surface area contributed by atoms with Crippen molar-refractivity contribution in [3.63, 3.8) is 0 Å². The molecule has 1 aliphatic rings. The molecule has 0 unspecified atom stereocenters. The van der Waals surface area contributed by atoms with Gasteiger partial charge in [0.05, 0.1) is 12.0 Å². The van der Waals surface area contributed by atoms with Crippen molar-refractivity contribution in [3.8, 4) is 17.2 Å². The van der Waals surface area contributed by atoms with Crippen LogP contribution in [0.2, 0.25) is 0 Å². The zero-order valence-corrected chi connectivity index (χ0v) is 21.5. The first kappa shape index (κ1) is 26.9. The minimum Gasteiger partial charge on any atom is -0.490 e. The molecule has 0 saturated heterocycles. The van der Waals surface area contributed by atoms with Gasteiger partial charge in [-0.1, -0.05) is 18.2 Å². The lowest BCUT2D eigenvalue weighted by Crippen LogP contribution is -2.27. The monoisotopic (exact) mass is 515 g/mol. The van der Waals surface area contributed by atoms with Crippen molar-refractivity contribution < 1.29 is 29.0 Å². The number of ether oxygens (including phenoxy) is 2. The highest BCUT2D eigenvalue weighted by Gasteiger charge is 2.26. The van der Waals surface area contributed by atoms with E-state index in [1.165, 1.54) is 0 Å².